The molecule has 0 fully saturated rings. The summed E-state index contributed by atoms with van der Waals surface area (Å²) in [6, 6.07) is 9.52. The Morgan fingerprint density at radius 1 is 1.22 bits per heavy atom. The van der Waals surface area contributed by atoms with Gasteiger partial charge in [-0.15, -0.1) is 0 Å². The molecule has 1 aromatic carbocycles. The van der Waals surface area contributed by atoms with Crippen molar-refractivity contribution in [3.8, 4) is 0 Å². The Morgan fingerprint density at radius 3 is 2.94 bits per heavy atom. The summed E-state index contributed by atoms with van der Waals surface area (Å²) >= 11 is 0. The van der Waals surface area contributed by atoms with E-state index in [1.165, 1.54) is 0 Å². The molecule has 3 aromatic rings. The fourth-order valence-corrected chi connectivity index (χ4v) is 2.13. The Balaban J connectivity index is 2.12. The average molecular weight is 239 g/mol. The number of fused-ring (bicyclic) bond motifs is 1. The van der Waals surface area contributed by atoms with Gasteiger partial charge in [-0.25, -0.2) is 9.97 Å². The second kappa shape index (κ2) is 4.23. The second-order valence-electron chi connectivity index (χ2n) is 4.22. The number of nitrogens with one attached hydrogen (secondary N) is 1. The molecule has 4 heteroatoms. The van der Waals surface area contributed by atoms with E-state index in [1.54, 1.807) is 12.3 Å². The first-order chi connectivity index (χ1) is 8.75. The van der Waals surface area contributed by atoms with Crippen molar-refractivity contribution in [1.29, 1.82) is 0 Å². The number of benzene rings is 1. The molecule has 1 unspecified atom stereocenters. The maximum absolute atomic E-state index is 10.4. The van der Waals surface area contributed by atoms with Gasteiger partial charge < -0.3 is 10.1 Å². The van der Waals surface area contributed by atoms with Crippen LogP contribution in [0.15, 0.2) is 42.7 Å². The Hall–Kier alpha value is -2.20. The van der Waals surface area contributed by atoms with Gasteiger partial charge in [0.25, 0.3) is 0 Å². The van der Waals surface area contributed by atoms with Crippen molar-refractivity contribution in [2.24, 2.45) is 0 Å². The number of H-pyrrole nitrogens is 1. The van der Waals surface area contributed by atoms with Gasteiger partial charge in [-0.3, -0.25) is 0 Å². The molecule has 0 bridgehead atoms. The molecule has 0 saturated carbocycles. The van der Waals surface area contributed by atoms with E-state index in [0.717, 1.165) is 16.5 Å². The van der Waals surface area contributed by atoms with Crippen molar-refractivity contribution in [2.75, 3.05) is 0 Å². The molecule has 0 aliphatic carbocycles. The molecule has 0 spiro atoms. The number of hydrogen-bond acceptors (Lipinski definition) is 3. The topological polar surface area (TPSA) is 61.8 Å². The van der Waals surface area contributed by atoms with Crippen LogP contribution in [0.1, 0.15) is 23.2 Å². The molecule has 90 valence electrons. The zero-order valence-corrected chi connectivity index (χ0v) is 9.96. The number of aryl methyl sites for hydroxylation is 1. The van der Waals surface area contributed by atoms with Gasteiger partial charge in [0.15, 0.2) is 0 Å². The number of aliphatic hydroxyl groups excluding tert-OH is 1. The number of aliphatic hydroxyl groups is 1. The normalized spacial score (nSPS) is 12.8. The first-order valence-corrected chi connectivity index (χ1v) is 5.79. The lowest BCUT2D eigenvalue weighted by atomic mass is 10.0. The summed E-state index contributed by atoms with van der Waals surface area (Å²) in [5.74, 6) is 0.660. The summed E-state index contributed by atoms with van der Waals surface area (Å²) < 4.78 is 0. The predicted octanol–water partition coefficient (Wildman–Crippen LogP) is 2.35. The Bertz CT molecular complexity index is 690. The SMILES string of the molecule is Cc1nccc(C(O)c2cccc3[nH]ccc23)n1. The molecule has 2 aromatic heterocycles. The van der Waals surface area contributed by atoms with Gasteiger partial charge in [0.1, 0.15) is 11.9 Å². The van der Waals surface area contributed by atoms with E-state index in [-0.39, 0.29) is 0 Å². The molecular weight excluding hydrogens is 226 g/mol. The molecule has 4 nitrogen and oxygen atoms in total. The maximum Gasteiger partial charge on any atom is 0.125 e. The van der Waals surface area contributed by atoms with Crippen molar-refractivity contribution < 1.29 is 5.11 Å². The van der Waals surface area contributed by atoms with Gasteiger partial charge in [-0.05, 0) is 30.7 Å². The lowest BCUT2D eigenvalue weighted by Gasteiger charge is -2.12. The highest BCUT2D eigenvalue weighted by Crippen LogP contribution is 2.27. The van der Waals surface area contributed by atoms with Crippen LogP contribution < -0.4 is 0 Å². The van der Waals surface area contributed by atoms with E-state index >= 15 is 0 Å². The summed E-state index contributed by atoms with van der Waals surface area (Å²) in [4.78, 5) is 11.4. The third-order valence-corrected chi connectivity index (χ3v) is 3.00. The Kier molecular flexibility index (Phi) is 2.57. The third kappa shape index (κ3) is 1.76. The van der Waals surface area contributed by atoms with Crippen molar-refractivity contribution in [2.45, 2.75) is 13.0 Å². The molecular formula is C14H13N3O. The zero-order chi connectivity index (χ0) is 12.5. The van der Waals surface area contributed by atoms with Crippen LogP contribution >= 0.6 is 0 Å². The summed E-state index contributed by atoms with van der Waals surface area (Å²) in [5.41, 5.74) is 2.49. The van der Waals surface area contributed by atoms with Crippen molar-refractivity contribution in [1.82, 2.24) is 15.0 Å². The summed E-state index contributed by atoms with van der Waals surface area (Å²) in [7, 11) is 0. The Morgan fingerprint density at radius 2 is 2.11 bits per heavy atom. The molecule has 3 rings (SSSR count). The lowest BCUT2D eigenvalue weighted by Crippen LogP contribution is -2.04. The third-order valence-electron chi connectivity index (χ3n) is 3.00. The summed E-state index contributed by atoms with van der Waals surface area (Å²) in [6.45, 7) is 1.81. The van der Waals surface area contributed by atoms with Crippen molar-refractivity contribution in [3.63, 3.8) is 0 Å². The van der Waals surface area contributed by atoms with Gasteiger partial charge in [-0.2, -0.15) is 0 Å². The lowest BCUT2D eigenvalue weighted by molar-refractivity contribution is 0.216. The fourth-order valence-electron chi connectivity index (χ4n) is 2.13. The average Bonchev–Trinajstić information content (AvgIpc) is 2.86. The highest BCUT2D eigenvalue weighted by atomic mass is 16.3. The molecule has 0 aliphatic rings. The number of rotatable bonds is 2. The first kappa shape index (κ1) is 10.9. The minimum atomic E-state index is -0.730. The smallest absolute Gasteiger partial charge is 0.125 e. The number of hydrogen-bond donors (Lipinski definition) is 2. The van der Waals surface area contributed by atoms with Crippen molar-refractivity contribution >= 4 is 10.9 Å². The van der Waals surface area contributed by atoms with Gasteiger partial charge in [0.2, 0.25) is 0 Å². The minimum absolute atomic E-state index is 0.621. The fraction of sp³-hybridized carbons (Fsp3) is 0.143. The molecule has 18 heavy (non-hydrogen) atoms. The van der Waals surface area contributed by atoms with Crippen LogP contribution in [0.25, 0.3) is 10.9 Å². The van der Waals surface area contributed by atoms with Crippen LogP contribution in [0, 0.1) is 6.92 Å². The van der Waals surface area contributed by atoms with Gasteiger partial charge >= 0.3 is 0 Å². The van der Waals surface area contributed by atoms with Crippen LogP contribution in [0.2, 0.25) is 0 Å². The molecule has 0 amide bonds. The zero-order valence-electron chi connectivity index (χ0n) is 9.96. The van der Waals surface area contributed by atoms with E-state index in [0.29, 0.717) is 11.5 Å². The van der Waals surface area contributed by atoms with Crippen LogP contribution in [0.3, 0.4) is 0 Å². The highest BCUT2D eigenvalue weighted by Gasteiger charge is 2.15. The van der Waals surface area contributed by atoms with Crippen molar-refractivity contribution in [3.05, 3.63) is 59.8 Å². The minimum Gasteiger partial charge on any atom is -0.382 e. The van der Waals surface area contributed by atoms with Crippen LogP contribution in [-0.2, 0) is 0 Å². The van der Waals surface area contributed by atoms with E-state index in [2.05, 4.69) is 15.0 Å². The first-order valence-electron chi connectivity index (χ1n) is 5.79. The largest absolute Gasteiger partial charge is 0.382 e. The molecule has 0 radical (unpaired) electrons. The number of nitrogens with zero attached hydrogens (tertiary/aromatic N) is 2. The van der Waals surface area contributed by atoms with Gasteiger partial charge in [-0.1, -0.05) is 12.1 Å². The summed E-state index contributed by atoms with van der Waals surface area (Å²) in [5, 5.41) is 11.4. The van der Waals surface area contributed by atoms with Gasteiger partial charge in [0, 0.05) is 23.3 Å². The van der Waals surface area contributed by atoms with E-state index in [9.17, 15) is 5.11 Å². The van der Waals surface area contributed by atoms with Gasteiger partial charge in [0.05, 0.1) is 5.69 Å². The monoisotopic (exact) mass is 239 g/mol. The van der Waals surface area contributed by atoms with Crippen LogP contribution in [0.4, 0.5) is 0 Å². The number of aromatic nitrogens is 3. The molecule has 0 saturated heterocycles. The number of aromatic amines is 1. The quantitative estimate of drug-likeness (QED) is 0.721. The van der Waals surface area contributed by atoms with E-state index in [4.69, 9.17) is 0 Å². The highest BCUT2D eigenvalue weighted by molar-refractivity contribution is 5.83. The van der Waals surface area contributed by atoms with Crippen LogP contribution in [-0.4, -0.2) is 20.1 Å². The second-order valence-corrected chi connectivity index (χ2v) is 4.22. The van der Waals surface area contributed by atoms with E-state index in [1.807, 2.05) is 37.4 Å². The summed E-state index contributed by atoms with van der Waals surface area (Å²) in [6.07, 6.45) is 2.80. The molecule has 0 aliphatic heterocycles. The Labute approximate surface area is 104 Å². The van der Waals surface area contributed by atoms with Crippen LogP contribution in [0.5, 0.6) is 0 Å². The van der Waals surface area contributed by atoms with E-state index < -0.39 is 6.10 Å². The predicted molar refractivity (Wildman–Crippen MR) is 69.1 cm³/mol. The molecule has 2 heterocycles. The molecule has 1 atom stereocenters. The maximum atomic E-state index is 10.4. The molecule has 2 N–H and O–H groups in total. The standard InChI is InChI=1S/C14H13N3O/c1-9-15-8-6-13(17-9)14(18)11-3-2-4-12-10(11)5-7-16-12/h2-8,14,16,18H,1H3.